The normalized spacial score (nSPS) is 11.2. The summed E-state index contributed by atoms with van der Waals surface area (Å²) in [6, 6.07) is 18.1. The first-order chi connectivity index (χ1) is 15.8. The van der Waals surface area contributed by atoms with Crippen LogP contribution in [0.25, 0.3) is 0 Å². The van der Waals surface area contributed by atoms with E-state index in [0.717, 1.165) is 9.87 Å². The predicted molar refractivity (Wildman–Crippen MR) is 128 cm³/mol. The van der Waals surface area contributed by atoms with Crippen molar-refractivity contribution in [3.63, 3.8) is 0 Å². The van der Waals surface area contributed by atoms with Crippen molar-refractivity contribution in [2.24, 2.45) is 0 Å². The van der Waals surface area contributed by atoms with Crippen LogP contribution >= 0.6 is 22.9 Å². The highest BCUT2D eigenvalue weighted by atomic mass is 35.5. The van der Waals surface area contributed by atoms with Crippen LogP contribution in [0.2, 0.25) is 5.02 Å². The first-order valence-corrected chi connectivity index (χ1v) is 12.4. The fourth-order valence-corrected chi connectivity index (χ4v) is 5.57. The number of thiazole rings is 1. The summed E-state index contributed by atoms with van der Waals surface area (Å²) in [7, 11) is -4.23. The van der Waals surface area contributed by atoms with E-state index in [-0.39, 0.29) is 27.7 Å². The number of rotatable bonds is 7. The average Bonchev–Trinajstić information content (AvgIpc) is 3.32. The molecule has 4 rings (SSSR count). The molecule has 1 N–H and O–H groups in total. The number of carbonyl (C=O) groups excluding carboxylic acids is 1. The lowest BCUT2D eigenvalue weighted by molar-refractivity contribution is 0.102. The van der Waals surface area contributed by atoms with Crippen molar-refractivity contribution in [1.82, 2.24) is 4.98 Å². The van der Waals surface area contributed by atoms with Crippen LogP contribution in [0.5, 0.6) is 0 Å². The molecule has 0 aliphatic heterocycles. The number of hydrogen-bond donors (Lipinski definition) is 1. The van der Waals surface area contributed by atoms with Gasteiger partial charge in [0.1, 0.15) is 10.7 Å². The molecule has 0 atom stereocenters. The van der Waals surface area contributed by atoms with Gasteiger partial charge in [-0.15, -0.1) is 11.3 Å². The number of aromatic nitrogens is 1. The average molecular weight is 502 g/mol. The molecule has 0 radical (unpaired) electrons. The second kappa shape index (κ2) is 9.70. The number of halogens is 2. The molecule has 4 aromatic rings. The Labute approximate surface area is 199 Å². The summed E-state index contributed by atoms with van der Waals surface area (Å²) in [6.45, 7) is -0.0132. The molecule has 0 unspecified atom stereocenters. The van der Waals surface area contributed by atoms with Crippen molar-refractivity contribution < 1.29 is 17.6 Å². The summed E-state index contributed by atoms with van der Waals surface area (Å²) in [5.74, 6) is -1.01. The lowest BCUT2D eigenvalue weighted by Gasteiger charge is -2.25. The molecule has 0 aliphatic rings. The van der Waals surface area contributed by atoms with E-state index in [1.165, 1.54) is 53.8 Å². The highest BCUT2D eigenvalue weighted by Crippen LogP contribution is 2.31. The molecule has 0 aliphatic carbocycles. The third-order valence-corrected chi connectivity index (χ3v) is 7.64. The van der Waals surface area contributed by atoms with Crippen molar-refractivity contribution in [2.75, 3.05) is 9.62 Å². The lowest BCUT2D eigenvalue weighted by atomic mass is 10.2. The van der Waals surface area contributed by atoms with E-state index in [0.29, 0.717) is 5.13 Å². The van der Waals surface area contributed by atoms with Gasteiger partial charge in [-0.05, 0) is 48.0 Å². The number of nitrogens with one attached hydrogen (secondary N) is 1. The van der Waals surface area contributed by atoms with Gasteiger partial charge in [-0.2, -0.15) is 0 Å². The van der Waals surface area contributed by atoms with Gasteiger partial charge in [-0.3, -0.25) is 14.4 Å². The maximum absolute atomic E-state index is 13.7. The molecule has 6 nitrogen and oxygen atoms in total. The minimum Gasteiger partial charge on any atom is -0.298 e. The minimum absolute atomic E-state index is 0.0132. The molecule has 33 heavy (non-hydrogen) atoms. The first-order valence-electron chi connectivity index (χ1n) is 9.67. The summed E-state index contributed by atoms with van der Waals surface area (Å²) in [6.07, 6.45) is 1.54. The molecule has 0 saturated carbocycles. The van der Waals surface area contributed by atoms with Gasteiger partial charge in [0, 0.05) is 17.1 Å². The van der Waals surface area contributed by atoms with Crippen molar-refractivity contribution in [3.8, 4) is 0 Å². The maximum atomic E-state index is 13.7. The monoisotopic (exact) mass is 501 g/mol. The molecule has 1 aromatic heterocycles. The van der Waals surface area contributed by atoms with Crippen LogP contribution in [0.3, 0.4) is 0 Å². The number of carbonyl (C=O) groups is 1. The van der Waals surface area contributed by atoms with Gasteiger partial charge in [0.25, 0.3) is 15.9 Å². The van der Waals surface area contributed by atoms with E-state index < -0.39 is 21.7 Å². The standard InChI is InChI=1S/C23H17ClFN3O3S2/c24-20-11-6-17(22(29)27-23-26-12-13-32-23)14-21(20)33(30,31)28(15-16-4-2-1-3-5-16)19-9-7-18(25)8-10-19/h1-14H,15H2,(H,26,27,29). The Kier molecular flexibility index (Phi) is 6.73. The molecule has 10 heteroatoms. The van der Waals surface area contributed by atoms with Gasteiger partial charge < -0.3 is 0 Å². The van der Waals surface area contributed by atoms with Crippen molar-refractivity contribution in [1.29, 1.82) is 0 Å². The second-order valence-electron chi connectivity index (χ2n) is 6.91. The van der Waals surface area contributed by atoms with Gasteiger partial charge in [-0.1, -0.05) is 41.9 Å². The number of anilines is 2. The van der Waals surface area contributed by atoms with E-state index in [9.17, 15) is 17.6 Å². The van der Waals surface area contributed by atoms with E-state index in [4.69, 9.17) is 11.6 Å². The van der Waals surface area contributed by atoms with Crippen molar-refractivity contribution in [3.05, 3.63) is 106 Å². The van der Waals surface area contributed by atoms with E-state index in [2.05, 4.69) is 10.3 Å². The van der Waals surface area contributed by atoms with Crippen LogP contribution in [0.4, 0.5) is 15.2 Å². The molecule has 0 saturated heterocycles. The zero-order valence-corrected chi connectivity index (χ0v) is 19.4. The van der Waals surface area contributed by atoms with Crippen LogP contribution in [0, 0.1) is 5.82 Å². The Hall–Kier alpha value is -3.27. The second-order valence-corrected chi connectivity index (χ2v) is 10.0. The van der Waals surface area contributed by atoms with Gasteiger partial charge in [0.2, 0.25) is 0 Å². The molecule has 1 heterocycles. The van der Waals surface area contributed by atoms with Gasteiger partial charge in [0.05, 0.1) is 17.3 Å². The molecular weight excluding hydrogens is 485 g/mol. The Morgan fingerprint density at radius 3 is 2.45 bits per heavy atom. The number of nitrogens with zero attached hydrogens (tertiary/aromatic N) is 2. The zero-order valence-electron chi connectivity index (χ0n) is 17.0. The Morgan fingerprint density at radius 2 is 1.79 bits per heavy atom. The number of amides is 1. The third-order valence-electron chi connectivity index (χ3n) is 4.70. The van der Waals surface area contributed by atoms with Gasteiger partial charge >= 0.3 is 0 Å². The van der Waals surface area contributed by atoms with Crippen LogP contribution in [0.15, 0.2) is 89.3 Å². The maximum Gasteiger partial charge on any atom is 0.266 e. The number of hydrogen-bond acceptors (Lipinski definition) is 5. The van der Waals surface area contributed by atoms with E-state index >= 15 is 0 Å². The zero-order chi connectivity index (χ0) is 23.4. The SMILES string of the molecule is O=C(Nc1nccs1)c1ccc(Cl)c(S(=O)(=O)N(Cc2ccccc2)c2ccc(F)cc2)c1. The summed E-state index contributed by atoms with van der Waals surface area (Å²) in [5.41, 5.74) is 1.08. The number of sulfonamides is 1. The van der Waals surface area contributed by atoms with Crippen LogP contribution < -0.4 is 9.62 Å². The molecule has 3 aromatic carbocycles. The number of benzene rings is 3. The smallest absolute Gasteiger partial charge is 0.266 e. The van der Waals surface area contributed by atoms with E-state index in [1.54, 1.807) is 35.8 Å². The fraction of sp³-hybridized carbons (Fsp3) is 0.0435. The molecule has 168 valence electrons. The van der Waals surface area contributed by atoms with Crippen molar-refractivity contribution in [2.45, 2.75) is 11.4 Å². The Morgan fingerprint density at radius 1 is 1.06 bits per heavy atom. The topological polar surface area (TPSA) is 79.4 Å². The van der Waals surface area contributed by atoms with Crippen LogP contribution in [0.1, 0.15) is 15.9 Å². The quantitative estimate of drug-likeness (QED) is 0.358. The summed E-state index contributed by atoms with van der Waals surface area (Å²) < 4.78 is 42.1. The Balaban J connectivity index is 1.75. The van der Waals surface area contributed by atoms with Crippen molar-refractivity contribution >= 4 is 49.7 Å². The highest BCUT2D eigenvalue weighted by Gasteiger charge is 2.28. The minimum atomic E-state index is -4.23. The fourth-order valence-electron chi connectivity index (χ4n) is 3.09. The molecule has 0 fully saturated rings. The van der Waals surface area contributed by atoms with Crippen LogP contribution in [-0.4, -0.2) is 19.3 Å². The first kappa shape index (κ1) is 22.9. The Bertz CT molecular complexity index is 1360. The highest BCUT2D eigenvalue weighted by molar-refractivity contribution is 7.93. The lowest BCUT2D eigenvalue weighted by Crippen LogP contribution is -2.31. The molecule has 0 spiro atoms. The van der Waals surface area contributed by atoms with Gasteiger partial charge in [-0.25, -0.2) is 17.8 Å². The predicted octanol–water partition coefficient (Wildman–Crippen LogP) is 5.58. The largest absolute Gasteiger partial charge is 0.298 e. The van der Waals surface area contributed by atoms with E-state index in [1.807, 2.05) is 6.07 Å². The summed E-state index contributed by atoms with van der Waals surface area (Å²) >= 11 is 7.52. The van der Waals surface area contributed by atoms with Crippen LogP contribution in [-0.2, 0) is 16.6 Å². The van der Waals surface area contributed by atoms with Gasteiger partial charge in [0.15, 0.2) is 5.13 Å². The summed E-state index contributed by atoms with van der Waals surface area (Å²) in [5, 5.41) is 4.67. The summed E-state index contributed by atoms with van der Waals surface area (Å²) in [4.78, 5) is 16.4. The molecule has 0 bridgehead atoms. The molecular formula is C23H17ClFN3O3S2. The molecule has 1 amide bonds. The third kappa shape index (κ3) is 5.22.